The SMILES string of the molecule is CCCNc1ncc(CN2C[C@H](CC(=O)O)[C@H](c3cn(C)nn3)C2)cn1. The van der Waals surface area contributed by atoms with Crippen LogP contribution in [0.1, 0.15) is 36.9 Å². The molecule has 2 aromatic rings. The summed E-state index contributed by atoms with van der Waals surface area (Å²) in [4.78, 5) is 22.2. The number of carboxylic acids is 1. The van der Waals surface area contributed by atoms with Gasteiger partial charge in [-0.2, -0.15) is 0 Å². The molecule has 0 amide bonds. The van der Waals surface area contributed by atoms with E-state index in [-0.39, 0.29) is 18.3 Å². The number of likely N-dealkylation sites (tertiary alicyclic amines) is 1. The first-order chi connectivity index (χ1) is 12.5. The first-order valence-electron chi connectivity index (χ1n) is 8.90. The van der Waals surface area contributed by atoms with Crippen molar-refractivity contribution < 1.29 is 9.90 Å². The van der Waals surface area contributed by atoms with Crippen molar-refractivity contribution in [2.45, 2.75) is 32.2 Å². The molecule has 0 aromatic carbocycles. The predicted octanol–water partition coefficient (Wildman–Crippen LogP) is 1.12. The highest BCUT2D eigenvalue weighted by molar-refractivity contribution is 5.67. The van der Waals surface area contributed by atoms with Gasteiger partial charge in [0.05, 0.1) is 12.1 Å². The number of nitrogens with zero attached hydrogens (tertiary/aromatic N) is 6. The molecule has 9 heteroatoms. The van der Waals surface area contributed by atoms with Gasteiger partial charge in [-0.1, -0.05) is 12.1 Å². The monoisotopic (exact) mass is 359 g/mol. The summed E-state index contributed by atoms with van der Waals surface area (Å²) in [5.74, 6) is -0.0412. The van der Waals surface area contributed by atoms with Crippen LogP contribution in [0.5, 0.6) is 0 Å². The Labute approximate surface area is 152 Å². The number of anilines is 1. The Kier molecular flexibility index (Phi) is 5.77. The minimum absolute atomic E-state index is 0.0237. The van der Waals surface area contributed by atoms with Crippen LogP contribution in [0.3, 0.4) is 0 Å². The number of nitrogens with one attached hydrogen (secondary N) is 1. The van der Waals surface area contributed by atoms with Gasteiger partial charge < -0.3 is 10.4 Å². The smallest absolute Gasteiger partial charge is 0.303 e. The molecule has 140 valence electrons. The van der Waals surface area contributed by atoms with Crippen LogP contribution in [0.2, 0.25) is 0 Å². The van der Waals surface area contributed by atoms with Crippen molar-refractivity contribution in [1.29, 1.82) is 0 Å². The van der Waals surface area contributed by atoms with Crippen molar-refractivity contribution >= 4 is 11.9 Å². The fourth-order valence-corrected chi connectivity index (χ4v) is 3.41. The summed E-state index contributed by atoms with van der Waals surface area (Å²) in [5.41, 5.74) is 1.87. The van der Waals surface area contributed by atoms with Crippen LogP contribution in [0.4, 0.5) is 5.95 Å². The molecule has 2 N–H and O–H groups in total. The van der Waals surface area contributed by atoms with E-state index in [1.54, 1.807) is 4.68 Å². The summed E-state index contributed by atoms with van der Waals surface area (Å²) >= 11 is 0. The van der Waals surface area contributed by atoms with E-state index in [1.165, 1.54) is 0 Å². The van der Waals surface area contributed by atoms with Crippen molar-refractivity contribution in [2.24, 2.45) is 13.0 Å². The van der Waals surface area contributed by atoms with Crippen molar-refractivity contribution in [3.63, 3.8) is 0 Å². The predicted molar refractivity (Wildman–Crippen MR) is 95.6 cm³/mol. The summed E-state index contributed by atoms with van der Waals surface area (Å²) < 4.78 is 1.66. The molecule has 26 heavy (non-hydrogen) atoms. The lowest BCUT2D eigenvalue weighted by atomic mass is 9.91. The van der Waals surface area contributed by atoms with Crippen molar-refractivity contribution in [1.82, 2.24) is 29.9 Å². The summed E-state index contributed by atoms with van der Waals surface area (Å²) in [5, 5.41) is 20.6. The lowest BCUT2D eigenvalue weighted by Gasteiger charge is -2.15. The van der Waals surface area contributed by atoms with Gasteiger partial charge in [0.1, 0.15) is 0 Å². The maximum Gasteiger partial charge on any atom is 0.303 e. The van der Waals surface area contributed by atoms with Gasteiger partial charge >= 0.3 is 5.97 Å². The molecule has 3 heterocycles. The highest BCUT2D eigenvalue weighted by atomic mass is 16.4. The Morgan fingerprint density at radius 3 is 2.73 bits per heavy atom. The molecule has 1 aliphatic rings. The molecule has 0 saturated carbocycles. The van der Waals surface area contributed by atoms with Gasteiger partial charge in [-0.15, -0.1) is 5.10 Å². The molecule has 1 aliphatic heterocycles. The topological polar surface area (TPSA) is 109 Å². The van der Waals surface area contributed by atoms with E-state index in [9.17, 15) is 9.90 Å². The van der Waals surface area contributed by atoms with Crippen LogP contribution in [-0.2, 0) is 18.4 Å². The summed E-state index contributed by atoms with van der Waals surface area (Å²) in [6.45, 7) is 5.11. The zero-order valence-electron chi connectivity index (χ0n) is 15.2. The van der Waals surface area contributed by atoms with Gasteiger partial charge in [0.25, 0.3) is 0 Å². The second kappa shape index (κ2) is 8.22. The molecule has 0 unspecified atom stereocenters. The largest absolute Gasteiger partial charge is 0.481 e. The molecular formula is C17H25N7O2. The van der Waals surface area contributed by atoms with E-state index in [2.05, 4.69) is 37.4 Å². The number of aryl methyl sites for hydroxylation is 1. The maximum absolute atomic E-state index is 11.2. The normalized spacial score (nSPS) is 20.4. The Balaban J connectivity index is 1.66. The Hall–Kier alpha value is -2.55. The summed E-state index contributed by atoms with van der Waals surface area (Å²) in [7, 11) is 1.82. The standard InChI is InChI=1S/C17H25N7O2/c1-3-4-18-17-19-6-12(7-20-17)8-24-9-13(5-16(25)26)14(10-24)15-11-23(2)22-21-15/h6-7,11,13-14H,3-5,8-10H2,1-2H3,(H,25,26)(H,18,19,20)/t13-,14+/m0/s1. The molecule has 0 radical (unpaired) electrons. The molecule has 0 spiro atoms. The highest BCUT2D eigenvalue weighted by Crippen LogP contribution is 2.34. The van der Waals surface area contributed by atoms with Crippen molar-refractivity contribution in [3.05, 3.63) is 29.8 Å². The third-order valence-corrected chi connectivity index (χ3v) is 4.60. The van der Waals surface area contributed by atoms with E-state index in [1.807, 2.05) is 25.6 Å². The van der Waals surface area contributed by atoms with Gasteiger partial charge in [-0.25, -0.2) is 9.97 Å². The number of hydrogen-bond donors (Lipinski definition) is 2. The summed E-state index contributed by atoms with van der Waals surface area (Å²) in [6, 6.07) is 0. The first-order valence-corrected chi connectivity index (χ1v) is 8.90. The minimum Gasteiger partial charge on any atom is -0.481 e. The van der Waals surface area contributed by atoms with Crippen LogP contribution < -0.4 is 5.32 Å². The van der Waals surface area contributed by atoms with Gasteiger partial charge in [0.2, 0.25) is 5.95 Å². The number of aliphatic carboxylic acids is 1. The van der Waals surface area contributed by atoms with E-state index in [4.69, 9.17) is 0 Å². The second-order valence-electron chi connectivity index (χ2n) is 6.82. The highest BCUT2D eigenvalue weighted by Gasteiger charge is 2.36. The fraction of sp³-hybridized carbons (Fsp3) is 0.588. The first kappa shape index (κ1) is 18.2. The van der Waals surface area contributed by atoms with Crippen molar-refractivity contribution in [2.75, 3.05) is 25.0 Å². The van der Waals surface area contributed by atoms with Crippen LogP contribution in [0, 0.1) is 5.92 Å². The fourth-order valence-electron chi connectivity index (χ4n) is 3.41. The van der Waals surface area contributed by atoms with Crippen LogP contribution in [0.25, 0.3) is 0 Å². The molecule has 2 atom stereocenters. The molecule has 1 fully saturated rings. The number of carbonyl (C=O) groups is 1. The van der Waals surface area contributed by atoms with E-state index < -0.39 is 5.97 Å². The average molecular weight is 359 g/mol. The van der Waals surface area contributed by atoms with Crippen molar-refractivity contribution in [3.8, 4) is 0 Å². The molecule has 0 bridgehead atoms. The number of rotatable bonds is 8. The Morgan fingerprint density at radius 1 is 1.35 bits per heavy atom. The zero-order chi connectivity index (χ0) is 18.5. The lowest BCUT2D eigenvalue weighted by molar-refractivity contribution is -0.138. The minimum atomic E-state index is -0.777. The van der Waals surface area contributed by atoms with E-state index in [0.29, 0.717) is 19.0 Å². The van der Waals surface area contributed by atoms with Crippen LogP contribution >= 0.6 is 0 Å². The molecule has 0 aliphatic carbocycles. The zero-order valence-corrected chi connectivity index (χ0v) is 15.2. The number of carboxylic acid groups (broad SMARTS) is 1. The third kappa shape index (κ3) is 4.54. The van der Waals surface area contributed by atoms with E-state index >= 15 is 0 Å². The quantitative estimate of drug-likeness (QED) is 0.722. The van der Waals surface area contributed by atoms with Gasteiger partial charge in [-0.3, -0.25) is 14.4 Å². The average Bonchev–Trinajstić information content (AvgIpc) is 3.20. The van der Waals surface area contributed by atoms with Gasteiger partial charge in [0, 0.05) is 63.3 Å². The molecule has 3 rings (SSSR count). The Bertz CT molecular complexity index is 731. The van der Waals surface area contributed by atoms with E-state index in [0.717, 1.165) is 30.8 Å². The van der Waals surface area contributed by atoms with Gasteiger partial charge in [-0.05, 0) is 12.3 Å². The number of hydrogen-bond acceptors (Lipinski definition) is 7. The summed E-state index contributed by atoms with van der Waals surface area (Å²) in [6.07, 6.45) is 6.68. The van der Waals surface area contributed by atoms with Crippen LogP contribution in [-0.4, -0.2) is 60.6 Å². The molecular weight excluding hydrogens is 334 g/mol. The Morgan fingerprint density at radius 2 is 2.12 bits per heavy atom. The lowest BCUT2D eigenvalue weighted by Crippen LogP contribution is -2.21. The number of aromatic nitrogens is 5. The second-order valence-corrected chi connectivity index (χ2v) is 6.82. The molecule has 1 saturated heterocycles. The molecule has 9 nitrogen and oxygen atoms in total. The van der Waals surface area contributed by atoms with Crippen LogP contribution in [0.15, 0.2) is 18.6 Å². The molecule has 2 aromatic heterocycles. The van der Waals surface area contributed by atoms with Gasteiger partial charge in [0.15, 0.2) is 0 Å². The third-order valence-electron chi connectivity index (χ3n) is 4.60. The maximum atomic E-state index is 11.2.